The van der Waals surface area contributed by atoms with Gasteiger partial charge in [0.05, 0.1) is 31.3 Å². The number of aliphatic hydroxyl groups is 1. The van der Waals surface area contributed by atoms with Gasteiger partial charge in [-0.2, -0.15) is 0 Å². The molecule has 1 N–H and O–H groups in total. The van der Waals surface area contributed by atoms with Crippen LogP contribution in [0.15, 0.2) is 36.4 Å². The lowest BCUT2D eigenvalue weighted by atomic mass is 10.0. The third kappa shape index (κ3) is 14.8. The molecule has 0 amide bonds. The number of rotatable bonds is 26. The average Bonchev–Trinajstić information content (AvgIpc) is 3.14. The zero-order chi connectivity index (χ0) is 37.4. The zero-order valence-corrected chi connectivity index (χ0v) is 34.1. The smallest absolute Gasteiger partial charge is 0.330 e. The van der Waals surface area contributed by atoms with E-state index in [9.17, 15) is 23.4 Å². The van der Waals surface area contributed by atoms with Crippen LogP contribution in [0.5, 0.6) is 0 Å². The first kappa shape index (κ1) is 45.1. The largest absolute Gasteiger partial charge is 0.395 e. The van der Waals surface area contributed by atoms with E-state index in [4.69, 9.17) is 36.2 Å². The zero-order valence-electron chi connectivity index (χ0n) is 30.5. The van der Waals surface area contributed by atoms with Crippen molar-refractivity contribution < 1.29 is 59.6 Å². The first-order chi connectivity index (χ1) is 23.7. The minimum Gasteiger partial charge on any atom is -0.395 e. The Morgan fingerprint density at radius 1 is 0.440 bits per heavy atom. The lowest BCUT2D eigenvalue weighted by Gasteiger charge is -2.24. The Morgan fingerprint density at radius 3 is 0.860 bits per heavy atom. The Morgan fingerprint density at radius 2 is 0.660 bits per heavy atom. The molecule has 0 aliphatic carbocycles. The van der Waals surface area contributed by atoms with Crippen molar-refractivity contribution in [1.82, 2.24) is 4.90 Å². The molecule has 0 spiro atoms. The van der Waals surface area contributed by atoms with Gasteiger partial charge >= 0.3 is 30.4 Å². The number of hydrogen-bond donors (Lipinski definition) is 1. The molecule has 50 heavy (non-hydrogen) atoms. The first-order valence-corrected chi connectivity index (χ1v) is 23.0. The summed E-state index contributed by atoms with van der Waals surface area (Å²) in [5, 5.41) is 10.0. The molecule has 0 aromatic heterocycles. The van der Waals surface area contributed by atoms with E-state index >= 15 is 0 Å². The van der Waals surface area contributed by atoms with Crippen molar-refractivity contribution in [2.45, 2.75) is 38.8 Å². The van der Waals surface area contributed by atoms with Crippen LogP contribution in [-0.2, 0) is 93.2 Å². The molecule has 0 aliphatic heterocycles. The van der Waals surface area contributed by atoms with Crippen LogP contribution in [0.1, 0.15) is 33.4 Å². The Kier molecular flexibility index (Phi) is 19.5. The highest BCUT2D eigenvalue weighted by Gasteiger charge is 2.25. The molecule has 0 heterocycles. The van der Waals surface area contributed by atoms with E-state index in [1.807, 2.05) is 36.4 Å². The van der Waals surface area contributed by atoms with Gasteiger partial charge in [-0.05, 0) is 59.1 Å². The second kappa shape index (κ2) is 21.6. The standard InChI is InChI=1S/C32H55NO13P4/c1-39-47(35,40-2)15-9-27-19-28(10-16-48(36,41-3)42-4)22-31(21-27)25-33(13-14-34)26-32-23-29(11-17-49(37,43-5)44-6)20-30(24-32)12-18-50(38,45-7)46-8/h19-24,34H,9-18,25-26H2,1-8H3. The molecule has 0 unspecified atom stereocenters. The monoisotopic (exact) mass is 785 g/mol. The van der Waals surface area contributed by atoms with Gasteiger partial charge in [0.15, 0.2) is 0 Å². The molecule has 0 saturated heterocycles. The molecule has 18 heteroatoms. The first-order valence-electron chi connectivity index (χ1n) is 16.1. The number of aryl methyl sites for hydroxylation is 4. The lowest BCUT2D eigenvalue weighted by molar-refractivity contribution is 0.184. The topological polar surface area (TPSA) is 166 Å². The van der Waals surface area contributed by atoms with Gasteiger partial charge in [0.1, 0.15) is 0 Å². The summed E-state index contributed by atoms with van der Waals surface area (Å²) in [5.74, 6) is 0. The van der Waals surface area contributed by atoms with Crippen molar-refractivity contribution in [2.24, 2.45) is 0 Å². The molecular weight excluding hydrogens is 730 g/mol. The fourth-order valence-corrected chi connectivity index (χ4v) is 9.59. The molecule has 0 bridgehead atoms. The third-order valence-corrected chi connectivity index (χ3v) is 15.9. The maximum absolute atomic E-state index is 12.8. The summed E-state index contributed by atoms with van der Waals surface area (Å²) in [6.45, 7) is 1.16. The fourth-order valence-electron chi connectivity index (χ4n) is 5.40. The molecule has 14 nitrogen and oxygen atoms in total. The minimum absolute atomic E-state index is 0.0927. The Labute approximate surface area is 297 Å². The van der Waals surface area contributed by atoms with Crippen LogP contribution < -0.4 is 0 Å². The highest BCUT2D eigenvalue weighted by atomic mass is 31.2. The van der Waals surface area contributed by atoms with E-state index < -0.39 is 30.4 Å². The Bertz CT molecular complexity index is 1300. The average molecular weight is 786 g/mol. The summed E-state index contributed by atoms with van der Waals surface area (Å²) in [6, 6.07) is 12.0. The molecule has 2 rings (SSSR count). The highest BCUT2D eigenvalue weighted by Crippen LogP contribution is 2.49. The van der Waals surface area contributed by atoms with Crippen molar-refractivity contribution in [3.63, 3.8) is 0 Å². The molecule has 0 radical (unpaired) electrons. The summed E-state index contributed by atoms with van der Waals surface area (Å²) < 4.78 is 92.4. The van der Waals surface area contributed by atoms with Crippen LogP contribution in [0.4, 0.5) is 0 Å². The summed E-state index contributed by atoms with van der Waals surface area (Å²) in [6.07, 6.45) is 2.34. The van der Waals surface area contributed by atoms with Gasteiger partial charge in [-0.15, -0.1) is 0 Å². The van der Waals surface area contributed by atoms with Crippen molar-refractivity contribution in [3.8, 4) is 0 Å². The van der Waals surface area contributed by atoms with Gasteiger partial charge in [-0.3, -0.25) is 23.2 Å². The van der Waals surface area contributed by atoms with Gasteiger partial charge in [0.25, 0.3) is 0 Å². The lowest BCUT2D eigenvalue weighted by Crippen LogP contribution is -2.26. The summed E-state index contributed by atoms with van der Waals surface area (Å²) in [7, 11) is -2.19. The van der Waals surface area contributed by atoms with Crippen LogP contribution in [0.25, 0.3) is 0 Å². The number of benzene rings is 2. The molecule has 0 atom stereocenters. The predicted molar refractivity (Wildman–Crippen MR) is 195 cm³/mol. The van der Waals surface area contributed by atoms with E-state index in [0.717, 1.165) is 33.4 Å². The summed E-state index contributed by atoms with van der Waals surface area (Å²) in [5.41, 5.74) is 5.44. The van der Waals surface area contributed by atoms with Crippen molar-refractivity contribution >= 4 is 30.4 Å². The van der Waals surface area contributed by atoms with Crippen LogP contribution in [0.3, 0.4) is 0 Å². The molecule has 0 saturated carbocycles. The second-order valence-corrected chi connectivity index (χ2v) is 21.1. The molecule has 0 fully saturated rings. The highest BCUT2D eigenvalue weighted by molar-refractivity contribution is 7.54. The van der Waals surface area contributed by atoms with Gasteiger partial charge < -0.3 is 41.3 Å². The second-order valence-electron chi connectivity index (χ2n) is 11.5. The molecule has 0 aliphatic rings. The van der Waals surface area contributed by atoms with Gasteiger partial charge in [0, 0.05) is 76.5 Å². The van der Waals surface area contributed by atoms with Crippen LogP contribution >= 0.6 is 30.4 Å². The van der Waals surface area contributed by atoms with E-state index in [-0.39, 0.29) is 31.3 Å². The molecule has 286 valence electrons. The summed E-state index contributed by atoms with van der Waals surface area (Å²) in [4.78, 5) is 2.08. The normalized spacial score (nSPS) is 13.0. The predicted octanol–water partition coefficient (Wildman–Crippen LogP) is 6.79. The van der Waals surface area contributed by atoms with Crippen LogP contribution in [0, 0.1) is 0 Å². The van der Waals surface area contributed by atoms with E-state index in [2.05, 4.69) is 4.90 Å². The Balaban J connectivity index is 2.47. The van der Waals surface area contributed by atoms with E-state index in [1.165, 1.54) is 56.9 Å². The van der Waals surface area contributed by atoms with E-state index in [1.54, 1.807) is 0 Å². The minimum atomic E-state index is -3.26. The molecule has 2 aromatic rings. The quantitative estimate of drug-likeness (QED) is 0.0991. The van der Waals surface area contributed by atoms with Crippen LogP contribution in [0.2, 0.25) is 0 Å². The maximum atomic E-state index is 12.8. The number of aliphatic hydroxyl groups excluding tert-OH is 1. The fraction of sp³-hybridized carbons (Fsp3) is 0.625. The van der Waals surface area contributed by atoms with Crippen LogP contribution in [-0.4, -0.2) is 105 Å². The number of hydrogen-bond acceptors (Lipinski definition) is 14. The van der Waals surface area contributed by atoms with Gasteiger partial charge in [-0.25, -0.2) is 0 Å². The summed E-state index contributed by atoms with van der Waals surface area (Å²) >= 11 is 0. The van der Waals surface area contributed by atoms with E-state index in [0.29, 0.717) is 45.3 Å². The van der Waals surface area contributed by atoms with Crippen molar-refractivity contribution in [2.75, 3.05) is 94.7 Å². The van der Waals surface area contributed by atoms with Gasteiger partial charge in [0.2, 0.25) is 0 Å². The van der Waals surface area contributed by atoms with Gasteiger partial charge in [-0.1, -0.05) is 36.4 Å². The SMILES string of the molecule is COP(=O)(CCc1cc(CCP(=O)(OC)OC)cc(CN(CCO)Cc2cc(CCP(=O)(OC)OC)cc(CCP(=O)(OC)OC)c2)c1)OC. The van der Waals surface area contributed by atoms with Crippen molar-refractivity contribution in [3.05, 3.63) is 69.8 Å². The molecular formula is C32H55NO13P4. The Hall–Kier alpha value is -1.04. The third-order valence-electron chi connectivity index (χ3n) is 8.38. The number of nitrogens with zero attached hydrogens (tertiary/aromatic N) is 1. The van der Waals surface area contributed by atoms with Crippen molar-refractivity contribution in [1.29, 1.82) is 0 Å². The maximum Gasteiger partial charge on any atom is 0.330 e. The molecule has 2 aromatic carbocycles.